The predicted octanol–water partition coefficient (Wildman–Crippen LogP) is 0.124. The Kier molecular flexibility index (Phi) is 5.50. The molecular formula is C6H12O5. The highest BCUT2D eigenvalue weighted by atomic mass is 16.8. The normalized spacial score (nSPS) is 12.3. The van der Waals surface area contributed by atoms with Crippen LogP contribution in [0.15, 0.2) is 0 Å². The van der Waals surface area contributed by atoms with Crippen molar-refractivity contribution >= 4 is 6.16 Å². The fourth-order valence-corrected chi connectivity index (χ4v) is 0.337. The lowest BCUT2D eigenvalue weighted by Crippen LogP contribution is -2.16. The largest absolute Gasteiger partial charge is 0.510 e. The molecule has 0 radical (unpaired) electrons. The molecule has 66 valence electrons. The van der Waals surface area contributed by atoms with Gasteiger partial charge in [0, 0.05) is 7.11 Å². The first kappa shape index (κ1) is 10.2. The van der Waals surface area contributed by atoms with Crippen LogP contribution in [-0.2, 0) is 14.2 Å². The summed E-state index contributed by atoms with van der Waals surface area (Å²) in [6.45, 7) is 1.30. The summed E-state index contributed by atoms with van der Waals surface area (Å²) in [5.41, 5.74) is 0. The predicted molar refractivity (Wildman–Crippen MR) is 36.0 cm³/mol. The summed E-state index contributed by atoms with van der Waals surface area (Å²) in [6, 6.07) is 0. The molecule has 1 atom stereocenters. The molecule has 5 nitrogen and oxygen atoms in total. The van der Waals surface area contributed by atoms with Gasteiger partial charge in [0.15, 0.2) is 6.79 Å². The van der Waals surface area contributed by atoms with Crippen LogP contribution in [0.25, 0.3) is 0 Å². The van der Waals surface area contributed by atoms with Gasteiger partial charge in [-0.2, -0.15) is 0 Å². The maximum atomic E-state index is 10.5. The van der Waals surface area contributed by atoms with Crippen LogP contribution < -0.4 is 0 Å². The molecule has 11 heavy (non-hydrogen) atoms. The van der Waals surface area contributed by atoms with Crippen molar-refractivity contribution in [2.45, 2.75) is 13.0 Å². The van der Waals surface area contributed by atoms with Crippen LogP contribution in [-0.4, -0.2) is 37.9 Å². The summed E-state index contributed by atoms with van der Waals surface area (Å²) >= 11 is 0. The Morgan fingerprint density at radius 2 is 2.18 bits per heavy atom. The summed E-state index contributed by atoms with van der Waals surface area (Å²) < 4.78 is 13.2. The maximum Gasteiger partial charge on any atom is 0.510 e. The van der Waals surface area contributed by atoms with Crippen LogP contribution in [0.3, 0.4) is 0 Å². The second-order valence-corrected chi connectivity index (χ2v) is 1.96. The minimum absolute atomic E-state index is 0.0669. The smallest absolute Gasteiger partial charge is 0.431 e. The van der Waals surface area contributed by atoms with Crippen molar-refractivity contribution in [2.24, 2.45) is 0 Å². The summed E-state index contributed by atoms with van der Waals surface area (Å²) in [5.74, 6) is 0. The summed E-state index contributed by atoms with van der Waals surface area (Å²) in [4.78, 5) is 10.5. The Labute approximate surface area is 64.9 Å². The van der Waals surface area contributed by atoms with Gasteiger partial charge in [0.25, 0.3) is 0 Å². The molecule has 0 aliphatic heterocycles. The van der Waals surface area contributed by atoms with E-state index >= 15 is 0 Å². The number of hydrogen-bond acceptors (Lipinski definition) is 5. The fourth-order valence-electron chi connectivity index (χ4n) is 0.337. The second kappa shape index (κ2) is 5.94. The Morgan fingerprint density at radius 3 is 2.64 bits per heavy atom. The van der Waals surface area contributed by atoms with E-state index in [0.717, 1.165) is 0 Å². The van der Waals surface area contributed by atoms with E-state index in [4.69, 9.17) is 5.11 Å². The number of hydrogen-bond donors (Lipinski definition) is 1. The van der Waals surface area contributed by atoms with Crippen LogP contribution in [0.2, 0.25) is 0 Å². The average molecular weight is 164 g/mol. The van der Waals surface area contributed by atoms with Crippen molar-refractivity contribution in [1.29, 1.82) is 0 Å². The van der Waals surface area contributed by atoms with Crippen LogP contribution in [0.1, 0.15) is 6.92 Å². The number of carbonyl (C=O) groups is 1. The number of aliphatic hydroxyl groups excluding tert-OH is 1. The third-order valence-electron chi connectivity index (χ3n) is 0.737. The Bertz CT molecular complexity index is 112. The molecule has 1 unspecified atom stereocenters. The lowest BCUT2D eigenvalue weighted by Gasteiger charge is -2.05. The minimum atomic E-state index is -0.840. The number of carbonyl (C=O) groups excluding carboxylic acids is 1. The quantitative estimate of drug-likeness (QED) is 0.472. The highest BCUT2D eigenvalue weighted by Gasteiger charge is 2.04. The molecule has 0 saturated heterocycles. The van der Waals surface area contributed by atoms with Gasteiger partial charge in [-0.15, -0.1) is 0 Å². The molecule has 0 aliphatic rings. The highest BCUT2D eigenvalue weighted by Crippen LogP contribution is 1.88. The third kappa shape index (κ3) is 7.08. The number of rotatable bonds is 4. The van der Waals surface area contributed by atoms with E-state index in [1.54, 1.807) is 0 Å². The molecule has 0 aromatic heterocycles. The molecule has 0 amide bonds. The van der Waals surface area contributed by atoms with Gasteiger partial charge in [0.05, 0.1) is 6.10 Å². The van der Waals surface area contributed by atoms with Crippen molar-refractivity contribution in [3.8, 4) is 0 Å². The van der Waals surface area contributed by atoms with E-state index in [9.17, 15) is 4.79 Å². The first-order chi connectivity index (χ1) is 5.16. The molecule has 0 aromatic carbocycles. The molecule has 0 saturated carbocycles. The van der Waals surface area contributed by atoms with Gasteiger partial charge in [0.1, 0.15) is 6.61 Å². The number of aliphatic hydroxyl groups is 1. The maximum absolute atomic E-state index is 10.5. The Balaban J connectivity index is 3.23. The first-order valence-electron chi connectivity index (χ1n) is 3.13. The molecule has 0 aliphatic carbocycles. The second-order valence-electron chi connectivity index (χ2n) is 1.96. The Hall–Kier alpha value is -0.810. The van der Waals surface area contributed by atoms with E-state index in [-0.39, 0.29) is 13.4 Å². The summed E-state index contributed by atoms with van der Waals surface area (Å²) in [7, 11) is 1.39. The monoisotopic (exact) mass is 164 g/mol. The van der Waals surface area contributed by atoms with Crippen molar-refractivity contribution in [1.82, 2.24) is 0 Å². The van der Waals surface area contributed by atoms with Crippen molar-refractivity contribution < 1.29 is 24.1 Å². The first-order valence-corrected chi connectivity index (χ1v) is 3.13. The lowest BCUT2D eigenvalue weighted by molar-refractivity contribution is -0.0359. The summed E-state index contributed by atoms with van der Waals surface area (Å²) in [5, 5.41) is 8.66. The van der Waals surface area contributed by atoms with Crippen LogP contribution in [0.4, 0.5) is 4.79 Å². The van der Waals surface area contributed by atoms with E-state index < -0.39 is 12.3 Å². The molecule has 0 spiro atoms. The molecular weight excluding hydrogens is 152 g/mol. The van der Waals surface area contributed by atoms with Gasteiger partial charge in [-0.1, -0.05) is 0 Å². The van der Waals surface area contributed by atoms with Gasteiger partial charge < -0.3 is 19.3 Å². The third-order valence-corrected chi connectivity index (χ3v) is 0.737. The van der Waals surface area contributed by atoms with E-state index in [2.05, 4.69) is 14.2 Å². The van der Waals surface area contributed by atoms with Crippen molar-refractivity contribution in [3.63, 3.8) is 0 Å². The highest BCUT2D eigenvalue weighted by molar-refractivity contribution is 5.59. The Morgan fingerprint density at radius 1 is 1.55 bits per heavy atom. The lowest BCUT2D eigenvalue weighted by atomic mass is 10.5. The minimum Gasteiger partial charge on any atom is -0.431 e. The molecule has 5 heteroatoms. The molecule has 0 fully saturated rings. The van der Waals surface area contributed by atoms with Gasteiger partial charge in [-0.3, -0.25) is 0 Å². The van der Waals surface area contributed by atoms with Crippen LogP contribution in [0, 0.1) is 0 Å². The van der Waals surface area contributed by atoms with E-state index in [0.29, 0.717) is 0 Å². The number of methoxy groups -OCH3 is 1. The van der Waals surface area contributed by atoms with Gasteiger partial charge in [-0.05, 0) is 6.92 Å². The fraction of sp³-hybridized carbons (Fsp3) is 0.833. The standard InChI is InChI=1S/C6H12O5/c1-5(7)3-10-6(8)11-4-9-2/h5,7H,3-4H2,1-2H3. The zero-order chi connectivity index (χ0) is 8.69. The van der Waals surface area contributed by atoms with Gasteiger partial charge in [0.2, 0.25) is 0 Å². The number of ether oxygens (including phenoxy) is 3. The molecule has 0 rings (SSSR count). The summed E-state index contributed by atoms with van der Waals surface area (Å²) in [6.07, 6.45) is -1.52. The SMILES string of the molecule is COCOC(=O)OCC(C)O. The molecule has 0 aromatic rings. The van der Waals surface area contributed by atoms with Crippen LogP contribution in [0.5, 0.6) is 0 Å². The zero-order valence-electron chi connectivity index (χ0n) is 6.57. The van der Waals surface area contributed by atoms with Gasteiger partial charge >= 0.3 is 6.16 Å². The van der Waals surface area contributed by atoms with Gasteiger partial charge in [-0.25, -0.2) is 4.79 Å². The van der Waals surface area contributed by atoms with Crippen molar-refractivity contribution in [2.75, 3.05) is 20.5 Å². The average Bonchev–Trinajstić information content (AvgIpc) is 1.97. The van der Waals surface area contributed by atoms with Crippen LogP contribution >= 0.6 is 0 Å². The topological polar surface area (TPSA) is 65.0 Å². The molecule has 0 heterocycles. The molecule has 1 N–H and O–H groups in total. The van der Waals surface area contributed by atoms with E-state index in [1.165, 1.54) is 14.0 Å². The zero-order valence-corrected chi connectivity index (χ0v) is 6.57. The van der Waals surface area contributed by atoms with Crippen molar-refractivity contribution in [3.05, 3.63) is 0 Å². The molecule has 0 bridgehead atoms. The van der Waals surface area contributed by atoms with E-state index in [1.807, 2.05) is 0 Å².